The molecule has 158 valence electrons. The van der Waals surface area contributed by atoms with Crippen LogP contribution in [0.1, 0.15) is 5.69 Å². The molecule has 0 bridgehead atoms. The number of aromatic nitrogens is 1. The summed E-state index contributed by atoms with van der Waals surface area (Å²) in [5, 5.41) is 3.07. The lowest BCUT2D eigenvalue weighted by Crippen LogP contribution is -2.31. The summed E-state index contributed by atoms with van der Waals surface area (Å²) >= 11 is 0.933. The Kier molecular flexibility index (Phi) is 6.40. The number of nitrogens with one attached hydrogen (secondary N) is 2. The molecule has 2 aromatic carbocycles. The number of thiazole rings is 1. The SMILES string of the molecule is CNS(=O)(=O)c1sc(N(C)C(=O)Nc2ccc(-c3cccc(OC)c3)cc2)nc1C. The molecule has 1 aromatic heterocycles. The maximum Gasteiger partial charge on any atom is 0.327 e. The molecule has 0 spiro atoms. The minimum absolute atomic E-state index is 0.0855. The van der Waals surface area contributed by atoms with Crippen molar-refractivity contribution in [2.24, 2.45) is 0 Å². The Hall–Kier alpha value is -2.95. The van der Waals surface area contributed by atoms with Crippen molar-refractivity contribution in [1.29, 1.82) is 0 Å². The Morgan fingerprint density at radius 2 is 1.83 bits per heavy atom. The molecule has 3 aromatic rings. The van der Waals surface area contributed by atoms with Gasteiger partial charge in [-0.25, -0.2) is 22.9 Å². The molecule has 8 nitrogen and oxygen atoms in total. The number of hydrogen-bond donors (Lipinski definition) is 2. The van der Waals surface area contributed by atoms with Crippen LogP contribution >= 0.6 is 11.3 Å². The van der Waals surface area contributed by atoms with Crippen molar-refractivity contribution in [3.8, 4) is 16.9 Å². The van der Waals surface area contributed by atoms with Gasteiger partial charge in [-0.3, -0.25) is 4.90 Å². The second kappa shape index (κ2) is 8.82. The van der Waals surface area contributed by atoms with Crippen molar-refractivity contribution in [1.82, 2.24) is 9.71 Å². The molecule has 0 atom stereocenters. The van der Waals surface area contributed by atoms with Crippen LogP contribution in [0.2, 0.25) is 0 Å². The lowest BCUT2D eigenvalue weighted by Gasteiger charge is -2.15. The van der Waals surface area contributed by atoms with E-state index in [4.69, 9.17) is 4.74 Å². The van der Waals surface area contributed by atoms with Gasteiger partial charge in [0.15, 0.2) is 9.34 Å². The van der Waals surface area contributed by atoms with Gasteiger partial charge in [0.1, 0.15) is 5.75 Å². The minimum Gasteiger partial charge on any atom is -0.497 e. The fourth-order valence-electron chi connectivity index (χ4n) is 2.70. The van der Waals surface area contributed by atoms with Gasteiger partial charge in [0.2, 0.25) is 0 Å². The summed E-state index contributed by atoms with van der Waals surface area (Å²) in [5.74, 6) is 0.768. The van der Waals surface area contributed by atoms with Crippen LogP contribution in [-0.2, 0) is 10.0 Å². The number of benzene rings is 2. The molecule has 2 amide bonds. The third-order valence-corrected chi connectivity index (χ3v) is 7.64. The molecule has 0 aliphatic heterocycles. The molecular formula is C20H22N4O4S2. The van der Waals surface area contributed by atoms with Crippen LogP contribution in [0.5, 0.6) is 5.75 Å². The van der Waals surface area contributed by atoms with E-state index in [1.807, 2.05) is 36.4 Å². The second-order valence-corrected chi connectivity index (χ2v) is 9.43. The average molecular weight is 447 g/mol. The van der Waals surface area contributed by atoms with Crippen LogP contribution < -0.4 is 19.7 Å². The minimum atomic E-state index is -3.62. The summed E-state index contributed by atoms with van der Waals surface area (Å²) in [7, 11) is 0.866. The van der Waals surface area contributed by atoms with E-state index in [0.29, 0.717) is 11.4 Å². The maximum absolute atomic E-state index is 12.6. The van der Waals surface area contributed by atoms with Crippen molar-refractivity contribution in [2.75, 3.05) is 31.4 Å². The second-order valence-electron chi connectivity index (χ2n) is 6.38. The van der Waals surface area contributed by atoms with E-state index in [0.717, 1.165) is 28.2 Å². The zero-order chi connectivity index (χ0) is 21.9. The Bertz CT molecular complexity index is 1160. The quantitative estimate of drug-likeness (QED) is 0.601. The molecule has 3 rings (SSSR count). The number of ether oxygens (including phenoxy) is 1. The van der Waals surface area contributed by atoms with Gasteiger partial charge in [-0.1, -0.05) is 35.6 Å². The molecule has 0 unspecified atom stereocenters. The van der Waals surface area contributed by atoms with E-state index < -0.39 is 16.1 Å². The number of hydrogen-bond acceptors (Lipinski definition) is 6. The van der Waals surface area contributed by atoms with Crippen LogP contribution in [0.4, 0.5) is 15.6 Å². The van der Waals surface area contributed by atoms with Crippen molar-refractivity contribution in [3.63, 3.8) is 0 Å². The van der Waals surface area contributed by atoms with Gasteiger partial charge in [0.05, 0.1) is 12.8 Å². The van der Waals surface area contributed by atoms with E-state index in [1.165, 1.54) is 19.0 Å². The van der Waals surface area contributed by atoms with Crippen molar-refractivity contribution in [2.45, 2.75) is 11.1 Å². The van der Waals surface area contributed by atoms with Crippen LogP contribution in [0.3, 0.4) is 0 Å². The summed E-state index contributed by atoms with van der Waals surface area (Å²) in [6, 6.07) is 14.7. The number of amides is 2. The first-order chi connectivity index (χ1) is 14.2. The summed E-state index contributed by atoms with van der Waals surface area (Å²) in [6.45, 7) is 1.59. The number of urea groups is 1. The standard InChI is InChI=1S/C20H22N4O4S2/c1-13-18(30(26,27)21-2)29-20(22-13)24(3)19(25)23-16-10-8-14(9-11-16)15-6-5-7-17(12-15)28-4/h5-12,21H,1-4H3,(H,23,25). The summed E-state index contributed by atoms with van der Waals surface area (Å²) in [5.41, 5.74) is 2.93. The topological polar surface area (TPSA) is 101 Å². The molecule has 0 saturated carbocycles. The van der Waals surface area contributed by atoms with Gasteiger partial charge in [-0.2, -0.15) is 0 Å². The van der Waals surface area contributed by atoms with E-state index >= 15 is 0 Å². The smallest absolute Gasteiger partial charge is 0.327 e. The normalized spacial score (nSPS) is 11.2. The third kappa shape index (κ3) is 4.61. The van der Waals surface area contributed by atoms with Crippen molar-refractivity contribution >= 4 is 38.2 Å². The number of methoxy groups -OCH3 is 1. The maximum atomic E-state index is 12.6. The van der Waals surface area contributed by atoms with Crippen LogP contribution in [0, 0.1) is 6.92 Å². The third-order valence-electron chi connectivity index (χ3n) is 4.39. The van der Waals surface area contributed by atoms with Crippen LogP contribution in [-0.4, -0.2) is 40.6 Å². The Morgan fingerprint density at radius 3 is 2.47 bits per heavy atom. The first-order valence-electron chi connectivity index (χ1n) is 8.95. The summed E-state index contributed by atoms with van der Waals surface area (Å²) in [6.07, 6.45) is 0. The van der Waals surface area contributed by atoms with E-state index in [9.17, 15) is 13.2 Å². The molecular weight excluding hydrogens is 424 g/mol. The number of anilines is 2. The van der Waals surface area contributed by atoms with Gasteiger partial charge >= 0.3 is 6.03 Å². The molecule has 10 heteroatoms. The number of sulfonamides is 1. The highest BCUT2D eigenvalue weighted by atomic mass is 32.2. The largest absolute Gasteiger partial charge is 0.497 e. The Labute approximate surface area is 179 Å². The van der Waals surface area contributed by atoms with Crippen molar-refractivity contribution < 1.29 is 17.9 Å². The average Bonchev–Trinajstić information content (AvgIpc) is 3.16. The number of carbonyl (C=O) groups excluding carboxylic acids is 1. The van der Waals surface area contributed by atoms with Gasteiger partial charge in [0.25, 0.3) is 10.0 Å². The van der Waals surface area contributed by atoms with Crippen molar-refractivity contribution in [3.05, 3.63) is 54.2 Å². The lowest BCUT2D eigenvalue weighted by molar-refractivity contribution is 0.258. The van der Waals surface area contributed by atoms with Gasteiger partial charge in [-0.15, -0.1) is 0 Å². The molecule has 0 saturated heterocycles. The zero-order valence-electron chi connectivity index (χ0n) is 17.0. The molecule has 0 aliphatic carbocycles. The predicted octanol–water partition coefficient (Wildman–Crippen LogP) is 3.70. The molecule has 0 aliphatic rings. The van der Waals surface area contributed by atoms with Crippen LogP contribution in [0.15, 0.2) is 52.7 Å². The Balaban J connectivity index is 1.74. The fraction of sp³-hybridized carbons (Fsp3) is 0.200. The number of carbonyl (C=O) groups is 1. The fourth-order valence-corrected chi connectivity index (χ4v) is 4.99. The van der Waals surface area contributed by atoms with Crippen LogP contribution in [0.25, 0.3) is 11.1 Å². The molecule has 0 fully saturated rings. The molecule has 2 N–H and O–H groups in total. The highest BCUT2D eigenvalue weighted by Gasteiger charge is 2.23. The van der Waals surface area contributed by atoms with Gasteiger partial charge in [0, 0.05) is 12.7 Å². The van der Waals surface area contributed by atoms with Gasteiger partial charge < -0.3 is 10.1 Å². The molecule has 0 radical (unpaired) electrons. The first-order valence-corrected chi connectivity index (χ1v) is 11.3. The van der Waals surface area contributed by atoms with E-state index in [-0.39, 0.29) is 9.34 Å². The monoisotopic (exact) mass is 446 g/mol. The molecule has 1 heterocycles. The molecule has 30 heavy (non-hydrogen) atoms. The predicted molar refractivity (Wildman–Crippen MR) is 119 cm³/mol. The number of rotatable bonds is 6. The first kappa shape index (κ1) is 21.8. The lowest BCUT2D eigenvalue weighted by atomic mass is 10.1. The van der Waals surface area contributed by atoms with E-state index in [2.05, 4.69) is 15.0 Å². The van der Waals surface area contributed by atoms with Gasteiger partial charge in [-0.05, 0) is 49.4 Å². The summed E-state index contributed by atoms with van der Waals surface area (Å²) in [4.78, 5) is 18.1. The highest BCUT2D eigenvalue weighted by Crippen LogP contribution is 2.30. The highest BCUT2D eigenvalue weighted by molar-refractivity contribution is 7.91. The van der Waals surface area contributed by atoms with E-state index in [1.54, 1.807) is 26.2 Å². The number of aryl methyl sites for hydroxylation is 1. The number of nitrogens with zero attached hydrogens (tertiary/aromatic N) is 2. The summed E-state index contributed by atoms with van der Waals surface area (Å²) < 4.78 is 31.7. The zero-order valence-corrected chi connectivity index (χ0v) is 18.6. The Morgan fingerprint density at radius 1 is 1.13 bits per heavy atom.